The molecule has 1 aliphatic rings. The number of methoxy groups -OCH3 is 2. The molecule has 3 aromatic rings. The van der Waals surface area contributed by atoms with E-state index < -0.39 is 0 Å². The number of hydrogen-bond acceptors (Lipinski definition) is 5. The normalized spacial score (nSPS) is 13.6. The lowest BCUT2D eigenvalue weighted by molar-refractivity contribution is 0.0965. The van der Waals surface area contributed by atoms with Crippen LogP contribution >= 0.6 is 0 Å². The van der Waals surface area contributed by atoms with Gasteiger partial charge in [0.05, 0.1) is 25.3 Å². The van der Waals surface area contributed by atoms with Crippen molar-refractivity contribution < 1.29 is 14.3 Å². The van der Waals surface area contributed by atoms with Crippen molar-refractivity contribution in [3.8, 4) is 23.0 Å². The van der Waals surface area contributed by atoms with Crippen LogP contribution in [0.4, 0.5) is 0 Å². The fraction of sp³-hybridized carbons (Fsp3) is 0.227. The number of benzene rings is 1. The molecule has 4 rings (SSSR count). The van der Waals surface area contributed by atoms with E-state index in [1.54, 1.807) is 30.8 Å². The molecule has 0 saturated carbocycles. The zero-order valence-electron chi connectivity index (χ0n) is 16.6. The summed E-state index contributed by atoms with van der Waals surface area (Å²) >= 11 is 0. The smallest absolute Gasteiger partial charge is 0.259 e. The molecule has 1 aromatic carbocycles. The van der Waals surface area contributed by atoms with Gasteiger partial charge in [0.25, 0.3) is 5.91 Å². The maximum Gasteiger partial charge on any atom is 0.259 e. The van der Waals surface area contributed by atoms with Gasteiger partial charge in [-0.15, -0.1) is 10.2 Å². The molecular formula is C22H22N4O3. The number of hydrogen-bond donors (Lipinski definition) is 1. The summed E-state index contributed by atoms with van der Waals surface area (Å²) in [6.07, 6.45) is 5.85. The van der Waals surface area contributed by atoms with Gasteiger partial charge in [-0.1, -0.05) is 24.3 Å². The maximum absolute atomic E-state index is 13.0. The molecule has 29 heavy (non-hydrogen) atoms. The number of nitrogens with zero attached hydrogens (tertiary/aromatic N) is 3. The van der Waals surface area contributed by atoms with Crippen molar-refractivity contribution in [3.05, 3.63) is 65.4 Å². The number of pyridine rings is 1. The van der Waals surface area contributed by atoms with Gasteiger partial charge in [-0.25, -0.2) is 4.40 Å². The average Bonchev–Trinajstić information content (AvgIpc) is 3.19. The molecule has 0 atom stereocenters. The lowest BCUT2D eigenvalue weighted by atomic mass is 10.0. The van der Waals surface area contributed by atoms with Gasteiger partial charge >= 0.3 is 0 Å². The largest absolute Gasteiger partial charge is 0.496 e. The Morgan fingerprint density at radius 1 is 1.10 bits per heavy atom. The molecule has 2 aromatic heterocycles. The molecule has 0 unspecified atom stereocenters. The minimum Gasteiger partial charge on any atom is -0.496 e. The van der Waals surface area contributed by atoms with Crippen molar-refractivity contribution in [3.63, 3.8) is 0 Å². The third-order valence-electron chi connectivity index (χ3n) is 4.99. The minimum absolute atomic E-state index is 0.221. The standard InChI is InChI=1S/C22H22N4O3/c1-14-8-4-6-10-17(14)23-22(27)16-12-13-19(29-3)26-20(24-25-21(16)26)15-9-5-7-11-18(15)28-2/h4-5,7-9,11-13H,6,10H2,1-3H3,(H,23,27). The van der Waals surface area contributed by atoms with E-state index in [9.17, 15) is 4.79 Å². The number of amides is 1. The van der Waals surface area contributed by atoms with Crippen LogP contribution in [0.2, 0.25) is 0 Å². The Morgan fingerprint density at radius 3 is 2.69 bits per heavy atom. The maximum atomic E-state index is 13.0. The summed E-state index contributed by atoms with van der Waals surface area (Å²) in [4.78, 5) is 13.0. The number of rotatable bonds is 5. The van der Waals surface area contributed by atoms with Gasteiger partial charge in [-0.3, -0.25) is 4.79 Å². The zero-order chi connectivity index (χ0) is 20.4. The van der Waals surface area contributed by atoms with Gasteiger partial charge in [0.1, 0.15) is 5.75 Å². The Morgan fingerprint density at radius 2 is 1.93 bits per heavy atom. The van der Waals surface area contributed by atoms with Crippen LogP contribution in [0, 0.1) is 0 Å². The molecule has 7 nitrogen and oxygen atoms in total. The number of ether oxygens (including phenoxy) is 2. The first-order chi connectivity index (χ1) is 14.1. The summed E-state index contributed by atoms with van der Waals surface area (Å²) < 4.78 is 12.7. The van der Waals surface area contributed by atoms with Crippen LogP contribution in [0.25, 0.3) is 17.0 Å². The van der Waals surface area contributed by atoms with E-state index in [4.69, 9.17) is 9.47 Å². The number of fused-ring (bicyclic) bond motifs is 1. The van der Waals surface area contributed by atoms with Crippen LogP contribution in [0.15, 0.2) is 59.8 Å². The topological polar surface area (TPSA) is 77.8 Å². The van der Waals surface area contributed by atoms with E-state index in [2.05, 4.69) is 21.6 Å². The number of allylic oxidation sites excluding steroid dienone is 4. The molecule has 7 heteroatoms. The molecule has 148 valence electrons. The monoisotopic (exact) mass is 390 g/mol. The van der Waals surface area contributed by atoms with E-state index >= 15 is 0 Å². The number of carbonyl (C=O) groups excluding carboxylic acids is 1. The van der Waals surface area contributed by atoms with Gasteiger partial charge in [-0.05, 0) is 49.6 Å². The van der Waals surface area contributed by atoms with Crippen molar-refractivity contribution in [1.29, 1.82) is 0 Å². The SMILES string of the molecule is COc1ccccc1-c1nnc2c(C(=O)NC3=C(C)C=CCC3)ccc(OC)n12. The summed E-state index contributed by atoms with van der Waals surface area (Å²) in [6, 6.07) is 11.0. The van der Waals surface area contributed by atoms with Crippen molar-refractivity contribution >= 4 is 11.6 Å². The lowest BCUT2D eigenvalue weighted by Crippen LogP contribution is -2.25. The quantitative estimate of drug-likeness (QED) is 0.718. The first kappa shape index (κ1) is 18.7. The second-order valence-electron chi connectivity index (χ2n) is 6.73. The van der Waals surface area contributed by atoms with Crippen molar-refractivity contribution in [2.75, 3.05) is 14.2 Å². The predicted octanol–water partition coefficient (Wildman–Crippen LogP) is 3.77. The molecule has 0 spiro atoms. The van der Waals surface area contributed by atoms with Crippen molar-refractivity contribution in [2.45, 2.75) is 19.8 Å². The summed E-state index contributed by atoms with van der Waals surface area (Å²) in [5.74, 6) is 1.51. The van der Waals surface area contributed by atoms with Crippen LogP contribution in [0.5, 0.6) is 11.6 Å². The Balaban J connectivity index is 1.83. The third-order valence-corrected chi connectivity index (χ3v) is 4.99. The second-order valence-corrected chi connectivity index (χ2v) is 6.73. The summed E-state index contributed by atoms with van der Waals surface area (Å²) in [6.45, 7) is 1.99. The minimum atomic E-state index is -0.221. The molecule has 1 amide bonds. The molecule has 0 radical (unpaired) electrons. The molecule has 0 aliphatic heterocycles. The summed E-state index contributed by atoms with van der Waals surface area (Å²) in [5.41, 5.74) is 3.59. The predicted molar refractivity (Wildman–Crippen MR) is 110 cm³/mol. The Bertz CT molecular complexity index is 1140. The second kappa shape index (κ2) is 7.79. The third kappa shape index (κ3) is 3.35. The molecular weight excluding hydrogens is 368 g/mol. The fourth-order valence-electron chi connectivity index (χ4n) is 3.46. The summed E-state index contributed by atoms with van der Waals surface area (Å²) in [7, 11) is 3.18. The number of nitrogens with one attached hydrogen (secondary N) is 1. The van der Waals surface area contributed by atoms with E-state index in [0.29, 0.717) is 28.7 Å². The van der Waals surface area contributed by atoms with Crippen LogP contribution in [0.1, 0.15) is 30.1 Å². The van der Waals surface area contributed by atoms with E-state index in [1.165, 1.54) is 0 Å². The van der Waals surface area contributed by atoms with Crippen LogP contribution in [-0.4, -0.2) is 34.7 Å². The lowest BCUT2D eigenvalue weighted by Gasteiger charge is -2.15. The molecule has 2 heterocycles. The fourth-order valence-corrected chi connectivity index (χ4v) is 3.46. The van der Waals surface area contributed by atoms with Crippen LogP contribution in [0.3, 0.4) is 0 Å². The number of aromatic nitrogens is 3. The number of carbonyl (C=O) groups is 1. The van der Waals surface area contributed by atoms with Gasteiger partial charge in [0, 0.05) is 5.70 Å². The molecule has 0 fully saturated rings. The Labute approximate surface area is 168 Å². The zero-order valence-corrected chi connectivity index (χ0v) is 16.6. The highest BCUT2D eigenvalue weighted by Crippen LogP contribution is 2.32. The van der Waals surface area contributed by atoms with Crippen molar-refractivity contribution in [2.24, 2.45) is 0 Å². The molecule has 0 saturated heterocycles. The van der Waals surface area contributed by atoms with Gasteiger partial charge in [-0.2, -0.15) is 0 Å². The Hall–Kier alpha value is -3.61. The molecule has 1 N–H and O–H groups in total. The van der Waals surface area contributed by atoms with E-state index in [0.717, 1.165) is 29.7 Å². The highest BCUT2D eigenvalue weighted by molar-refractivity contribution is 6.01. The first-order valence-corrected chi connectivity index (χ1v) is 9.37. The molecule has 1 aliphatic carbocycles. The van der Waals surface area contributed by atoms with E-state index in [1.807, 2.05) is 37.3 Å². The number of para-hydroxylation sites is 1. The van der Waals surface area contributed by atoms with E-state index in [-0.39, 0.29) is 5.91 Å². The highest BCUT2D eigenvalue weighted by atomic mass is 16.5. The first-order valence-electron chi connectivity index (χ1n) is 9.37. The van der Waals surface area contributed by atoms with Crippen LogP contribution < -0.4 is 14.8 Å². The van der Waals surface area contributed by atoms with Gasteiger partial charge in [0.15, 0.2) is 11.5 Å². The summed E-state index contributed by atoms with van der Waals surface area (Å²) in [5, 5.41) is 11.7. The van der Waals surface area contributed by atoms with Crippen molar-refractivity contribution in [1.82, 2.24) is 19.9 Å². The van der Waals surface area contributed by atoms with Gasteiger partial charge < -0.3 is 14.8 Å². The van der Waals surface area contributed by atoms with Crippen LogP contribution in [-0.2, 0) is 0 Å². The van der Waals surface area contributed by atoms with Gasteiger partial charge in [0.2, 0.25) is 5.88 Å². The Kier molecular flexibility index (Phi) is 5.03. The highest BCUT2D eigenvalue weighted by Gasteiger charge is 2.22. The molecule has 0 bridgehead atoms. The average molecular weight is 390 g/mol.